The fourth-order valence-corrected chi connectivity index (χ4v) is 3.74. The third-order valence-corrected chi connectivity index (χ3v) is 5.33. The summed E-state index contributed by atoms with van der Waals surface area (Å²) in [4.78, 5) is 15.2. The Morgan fingerprint density at radius 1 is 1.15 bits per heavy atom. The second kappa shape index (κ2) is 7.92. The van der Waals surface area contributed by atoms with E-state index in [9.17, 15) is 4.79 Å². The molecule has 1 aliphatic rings. The van der Waals surface area contributed by atoms with Gasteiger partial charge in [0.15, 0.2) is 0 Å². The van der Waals surface area contributed by atoms with Crippen molar-refractivity contribution >= 4 is 10.8 Å². The van der Waals surface area contributed by atoms with Gasteiger partial charge in [-0.3, -0.25) is 4.79 Å². The van der Waals surface area contributed by atoms with Crippen LogP contribution in [0.1, 0.15) is 26.2 Å². The maximum Gasteiger partial charge on any atom is 0.279 e. The van der Waals surface area contributed by atoms with E-state index < -0.39 is 0 Å². The van der Waals surface area contributed by atoms with Crippen LogP contribution in [0.5, 0.6) is 5.75 Å². The SMILES string of the molecule is CC1CCCN1CCCOc1ccc(-n2ncc3ccccc3c2=O)cc1. The molecule has 0 aliphatic carbocycles. The van der Waals surface area contributed by atoms with Crippen LogP contribution in [-0.2, 0) is 0 Å². The van der Waals surface area contributed by atoms with Gasteiger partial charge in [0, 0.05) is 18.0 Å². The highest BCUT2D eigenvalue weighted by atomic mass is 16.5. The lowest BCUT2D eigenvalue weighted by Gasteiger charge is -2.20. The maximum atomic E-state index is 12.6. The molecule has 0 N–H and O–H groups in total. The van der Waals surface area contributed by atoms with Crippen LogP contribution < -0.4 is 10.3 Å². The Bertz CT molecular complexity index is 965. The molecule has 0 radical (unpaired) electrons. The minimum Gasteiger partial charge on any atom is -0.494 e. The summed E-state index contributed by atoms with van der Waals surface area (Å²) in [6.45, 7) is 5.31. The van der Waals surface area contributed by atoms with E-state index in [0.717, 1.165) is 29.8 Å². The fourth-order valence-electron chi connectivity index (χ4n) is 3.74. The van der Waals surface area contributed by atoms with Gasteiger partial charge in [-0.15, -0.1) is 0 Å². The first-order valence-corrected chi connectivity index (χ1v) is 9.67. The number of hydrogen-bond donors (Lipinski definition) is 0. The quantitative estimate of drug-likeness (QED) is 0.628. The van der Waals surface area contributed by atoms with Crippen LogP contribution in [0.3, 0.4) is 0 Å². The zero-order chi connectivity index (χ0) is 18.6. The molecule has 1 unspecified atom stereocenters. The number of ether oxygens (including phenoxy) is 1. The van der Waals surface area contributed by atoms with Crippen molar-refractivity contribution in [2.45, 2.75) is 32.2 Å². The van der Waals surface area contributed by atoms with Crippen LogP contribution in [-0.4, -0.2) is 40.4 Å². The lowest BCUT2D eigenvalue weighted by atomic mass is 10.2. The molecule has 27 heavy (non-hydrogen) atoms. The van der Waals surface area contributed by atoms with E-state index in [1.54, 1.807) is 6.20 Å². The van der Waals surface area contributed by atoms with Crippen molar-refractivity contribution in [3.8, 4) is 11.4 Å². The molecule has 0 saturated carbocycles. The third-order valence-electron chi connectivity index (χ3n) is 5.33. The van der Waals surface area contributed by atoms with Gasteiger partial charge in [0.05, 0.1) is 23.9 Å². The molecule has 0 bridgehead atoms. The molecular weight excluding hydrogens is 338 g/mol. The first-order valence-electron chi connectivity index (χ1n) is 9.67. The summed E-state index contributed by atoms with van der Waals surface area (Å²) in [6, 6.07) is 15.8. The molecule has 1 fully saturated rings. The van der Waals surface area contributed by atoms with E-state index in [1.807, 2.05) is 48.5 Å². The molecule has 140 valence electrons. The number of fused-ring (bicyclic) bond motifs is 1. The van der Waals surface area contributed by atoms with Gasteiger partial charge in [-0.05, 0) is 63.1 Å². The van der Waals surface area contributed by atoms with Crippen molar-refractivity contribution in [1.82, 2.24) is 14.7 Å². The van der Waals surface area contributed by atoms with Crippen LogP contribution in [0.2, 0.25) is 0 Å². The highest BCUT2D eigenvalue weighted by Gasteiger charge is 2.19. The first-order chi connectivity index (χ1) is 13.2. The highest BCUT2D eigenvalue weighted by Crippen LogP contribution is 2.18. The fraction of sp³-hybridized carbons (Fsp3) is 0.364. The van der Waals surface area contributed by atoms with Crippen LogP contribution in [0.4, 0.5) is 0 Å². The Kier molecular flexibility index (Phi) is 5.21. The van der Waals surface area contributed by atoms with E-state index in [1.165, 1.54) is 24.1 Å². The summed E-state index contributed by atoms with van der Waals surface area (Å²) in [5.41, 5.74) is 0.630. The molecule has 0 amide bonds. The average Bonchev–Trinajstić information content (AvgIpc) is 3.11. The van der Waals surface area contributed by atoms with E-state index in [0.29, 0.717) is 18.0 Å². The molecule has 2 aromatic carbocycles. The summed E-state index contributed by atoms with van der Waals surface area (Å²) >= 11 is 0. The van der Waals surface area contributed by atoms with E-state index in [4.69, 9.17) is 4.74 Å². The van der Waals surface area contributed by atoms with Crippen molar-refractivity contribution in [3.63, 3.8) is 0 Å². The minimum atomic E-state index is -0.110. The molecule has 4 rings (SSSR count). The van der Waals surface area contributed by atoms with Gasteiger partial charge in [0.2, 0.25) is 0 Å². The average molecular weight is 363 g/mol. The highest BCUT2D eigenvalue weighted by molar-refractivity contribution is 5.80. The molecule has 1 atom stereocenters. The second-order valence-electron chi connectivity index (χ2n) is 7.17. The summed E-state index contributed by atoms with van der Waals surface area (Å²) < 4.78 is 7.29. The molecule has 1 aromatic heterocycles. The normalized spacial score (nSPS) is 17.4. The largest absolute Gasteiger partial charge is 0.494 e. The van der Waals surface area contributed by atoms with Gasteiger partial charge in [-0.2, -0.15) is 9.78 Å². The maximum absolute atomic E-state index is 12.6. The minimum absolute atomic E-state index is 0.110. The van der Waals surface area contributed by atoms with Gasteiger partial charge in [0.25, 0.3) is 5.56 Å². The molecule has 0 spiro atoms. The van der Waals surface area contributed by atoms with E-state index >= 15 is 0 Å². The van der Waals surface area contributed by atoms with Gasteiger partial charge < -0.3 is 9.64 Å². The van der Waals surface area contributed by atoms with Crippen molar-refractivity contribution in [2.24, 2.45) is 0 Å². The van der Waals surface area contributed by atoms with E-state index in [2.05, 4.69) is 16.9 Å². The van der Waals surface area contributed by atoms with Crippen LogP contribution in [0, 0.1) is 0 Å². The summed E-state index contributed by atoms with van der Waals surface area (Å²) in [5.74, 6) is 0.821. The third kappa shape index (κ3) is 3.88. The number of hydrogen-bond acceptors (Lipinski definition) is 4. The monoisotopic (exact) mass is 363 g/mol. The van der Waals surface area contributed by atoms with E-state index in [-0.39, 0.29) is 5.56 Å². The van der Waals surface area contributed by atoms with Crippen molar-refractivity contribution in [3.05, 3.63) is 65.1 Å². The Morgan fingerprint density at radius 2 is 1.96 bits per heavy atom. The predicted molar refractivity (Wildman–Crippen MR) is 108 cm³/mol. The number of aromatic nitrogens is 2. The van der Waals surface area contributed by atoms with Gasteiger partial charge in [0.1, 0.15) is 5.75 Å². The van der Waals surface area contributed by atoms with Crippen molar-refractivity contribution < 1.29 is 4.74 Å². The Labute approximate surface area is 159 Å². The first kappa shape index (κ1) is 17.7. The molecular formula is C22H25N3O2. The zero-order valence-electron chi connectivity index (χ0n) is 15.7. The topological polar surface area (TPSA) is 47.4 Å². The van der Waals surface area contributed by atoms with Crippen molar-refractivity contribution in [1.29, 1.82) is 0 Å². The lowest BCUT2D eigenvalue weighted by Crippen LogP contribution is -2.28. The van der Waals surface area contributed by atoms with Gasteiger partial charge >= 0.3 is 0 Å². The second-order valence-corrected chi connectivity index (χ2v) is 7.17. The Morgan fingerprint density at radius 3 is 2.74 bits per heavy atom. The standard InChI is InChI=1S/C22H25N3O2/c1-17-6-4-13-24(17)14-5-15-27-20-11-9-19(10-12-20)25-22(26)21-8-3-2-7-18(21)16-23-25/h2-3,7-12,16-17H,4-6,13-15H2,1H3. The van der Waals surface area contributed by atoms with Crippen LogP contribution in [0.25, 0.3) is 16.5 Å². The van der Waals surface area contributed by atoms with Crippen molar-refractivity contribution in [2.75, 3.05) is 19.7 Å². The molecule has 1 saturated heterocycles. The van der Waals surface area contributed by atoms with Crippen LogP contribution >= 0.6 is 0 Å². The zero-order valence-corrected chi connectivity index (χ0v) is 15.7. The molecule has 5 nitrogen and oxygen atoms in total. The number of rotatable bonds is 6. The summed E-state index contributed by atoms with van der Waals surface area (Å²) in [7, 11) is 0. The number of likely N-dealkylation sites (tertiary alicyclic amines) is 1. The molecule has 2 heterocycles. The molecule has 3 aromatic rings. The van der Waals surface area contributed by atoms with Gasteiger partial charge in [-0.25, -0.2) is 0 Å². The molecule has 5 heteroatoms. The molecule has 1 aliphatic heterocycles. The lowest BCUT2D eigenvalue weighted by molar-refractivity contribution is 0.230. The smallest absolute Gasteiger partial charge is 0.279 e. The number of nitrogens with zero attached hydrogens (tertiary/aromatic N) is 3. The number of benzene rings is 2. The Hall–Kier alpha value is -2.66. The van der Waals surface area contributed by atoms with Gasteiger partial charge in [-0.1, -0.05) is 18.2 Å². The predicted octanol–water partition coefficient (Wildman–Crippen LogP) is 3.64. The van der Waals surface area contributed by atoms with Crippen LogP contribution in [0.15, 0.2) is 59.5 Å². The Balaban J connectivity index is 1.39. The summed E-state index contributed by atoms with van der Waals surface area (Å²) in [5, 5.41) is 5.81. The summed E-state index contributed by atoms with van der Waals surface area (Å²) in [6.07, 6.45) is 5.37.